The van der Waals surface area contributed by atoms with E-state index in [1.807, 2.05) is 44.2 Å². The molecule has 0 saturated carbocycles. The number of nitrogens with zero attached hydrogens (tertiary/aromatic N) is 1. The lowest BCUT2D eigenvalue weighted by Gasteiger charge is -2.31. The molecule has 37 heavy (non-hydrogen) atoms. The van der Waals surface area contributed by atoms with Gasteiger partial charge in [-0.1, -0.05) is 56.3 Å². The van der Waals surface area contributed by atoms with Crippen LogP contribution in [0.3, 0.4) is 0 Å². The number of phenolic OH excluding ortho intramolecular Hbond substituents is 1. The van der Waals surface area contributed by atoms with Crippen molar-refractivity contribution >= 4 is 21.6 Å². The molecular weight excluding hydrogens is 490 g/mol. The van der Waals surface area contributed by atoms with Crippen LogP contribution in [0.25, 0.3) is 0 Å². The lowest BCUT2D eigenvalue weighted by atomic mass is 10.00. The molecule has 0 aliphatic carbocycles. The van der Waals surface area contributed by atoms with Gasteiger partial charge in [0.15, 0.2) is 0 Å². The van der Waals surface area contributed by atoms with Crippen LogP contribution in [-0.4, -0.2) is 54.1 Å². The summed E-state index contributed by atoms with van der Waals surface area (Å²) in [6.07, 6.45) is -0.868. The Balaban J connectivity index is 1.83. The van der Waals surface area contributed by atoms with Crippen LogP contribution in [0.4, 0.5) is 5.69 Å². The van der Waals surface area contributed by atoms with Crippen molar-refractivity contribution in [1.29, 1.82) is 0 Å². The Bertz CT molecular complexity index is 1260. The van der Waals surface area contributed by atoms with E-state index in [0.29, 0.717) is 17.7 Å². The van der Waals surface area contributed by atoms with Gasteiger partial charge in [-0.3, -0.25) is 4.79 Å². The molecule has 8 nitrogen and oxygen atoms in total. The fourth-order valence-electron chi connectivity index (χ4n) is 4.06. The number of hydrogen-bond acceptors (Lipinski definition) is 6. The van der Waals surface area contributed by atoms with Gasteiger partial charge < -0.3 is 21.3 Å². The standard InChI is InChI=1S/C28H35N3O5S/c1-20(2)18-31(37(35,36)25-13-11-23(29)12-14-25)19-27(33)26(16-21-7-4-3-5-8-21)30-28(34)17-22-9-6-10-24(32)15-22/h3-15,20,26-27,32-33H,16-19,29H2,1-2H3,(H,30,34)/t26-,27+/m0/s1. The lowest BCUT2D eigenvalue weighted by molar-refractivity contribution is -0.122. The number of carbonyl (C=O) groups excluding carboxylic acids is 1. The molecule has 0 saturated heterocycles. The number of aliphatic hydroxyl groups excluding tert-OH is 1. The van der Waals surface area contributed by atoms with Crippen LogP contribution in [0.1, 0.15) is 25.0 Å². The zero-order chi connectivity index (χ0) is 27.0. The first-order valence-electron chi connectivity index (χ1n) is 12.2. The summed E-state index contributed by atoms with van der Waals surface area (Å²) < 4.78 is 28.2. The van der Waals surface area contributed by atoms with E-state index in [2.05, 4.69) is 5.32 Å². The summed E-state index contributed by atoms with van der Waals surface area (Å²) in [6.45, 7) is 3.79. The number of rotatable bonds is 12. The van der Waals surface area contributed by atoms with Crippen LogP contribution < -0.4 is 11.1 Å². The molecule has 3 aromatic carbocycles. The number of anilines is 1. The second kappa shape index (κ2) is 12.7. The number of phenols is 1. The van der Waals surface area contributed by atoms with Crippen LogP contribution in [0, 0.1) is 5.92 Å². The molecule has 2 atom stereocenters. The second-order valence-corrected chi connectivity index (χ2v) is 11.5. The Hall–Kier alpha value is -3.40. The number of nitrogens with two attached hydrogens (primary N) is 1. The first kappa shape index (κ1) is 28.2. The predicted octanol–water partition coefficient (Wildman–Crippen LogP) is 2.95. The maximum atomic E-state index is 13.5. The Morgan fingerprint density at radius 3 is 2.22 bits per heavy atom. The van der Waals surface area contributed by atoms with Crippen molar-refractivity contribution in [2.45, 2.75) is 43.7 Å². The third-order valence-electron chi connectivity index (χ3n) is 5.86. The zero-order valence-electron chi connectivity index (χ0n) is 21.1. The van der Waals surface area contributed by atoms with Crippen LogP contribution in [0.15, 0.2) is 83.8 Å². The first-order chi connectivity index (χ1) is 17.5. The molecular formula is C28H35N3O5S. The number of hydrogen-bond donors (Lipinski definition) is 4. The summed E-state index contributed by atoms with van der Waals surface area (Å²) in [5.74, 6) is -0.283. The van der Waals surface area contributed by atoms with Crippen LogP contribution in [0.5, 0.6) is 5.75 Å². The van der Waals surface area contributed by atoms with Crippen molar-refractivity contribution in [1.82, 2.24) is 9.62 Å². The minimum absolute atomic E-state index is 0.00341. The Morgan fingerprint density at radius 2 is 1.59 bits per heavy atom. The lowest BCUT2D eigenvalue weighted by Crippen LogP contribution is -2.51. The van der Waals surface area contributed by atoms with Gasteiger partial charge in [-0.15, -0.1) is 0 Å². The average Bonchev–Trinajstić information content (AvgIpc) is 2.84. The van der Waals surface area contributed by atoms with E-state index in [1.165, 1.54) is 40.7 Å². The van der Waals surface area contributed by atoms with E-state index in [9.17, 15) is 23.4 Å². The number of nitrogen functional groups attached to an aromatic ring is 1. The summed E-state index contributed by atoms with van der Waals surface area (Å²) in [4.78, 5) is 13.0. The summed E-state index contributed by atoms with van der Waals surface area (Å²) in [6, 6.07) is 21.0. The molecule has 0 aliphatic rings. The number of nitrogens with one attached hydrogen (secondary N) is 1. The molecule has 198 valence electrons. The van der Waals surface area contributed by atoms with Gasteiger partial charge in [0.05, 0.1) is 23.5 Å². The number of amides is 1. The molecule has 0 radical (unpaired) electrons. The first-order valence-corrected chi connectivity index (χ1v) is 13.6. The number of carbonyl (C=O) groups is 1. The monoisotopic (exact) mass is 525 g/mol. The summed E-state index contributed by atoms with van der Waals surface area (Å²) in [5.41, 5.74) is 7.69. The van der Waals surface area contributed by atoms with Crippen molar-refractivity contribution in [3.05, 3.63) is 90.0 Å². The molecule has 9 heteroatoms. The van der Waals surface area contributed by atoms with Crippen molar-refractivity contribution in [3.63, 3.8) is 0 Å². The second-order valence-electron chi connectivity index (χ2n) is 9.56. The van der Waals surface area contributed by atoms with Crippen LogP contribution in [-0.2, 0) is 27.7 Å². The third-order valence-corrected chi connectivity index (χ3v) is 7.71. The highest BCUT2D eigenvalue weighted by molar-refractivity contribution is 7.89. The minimum atomic E-state index is -3.92. The van der Waals surface area contributed by atoms with Gasteiger partial charge in [-0.25, -0.2) is 8.42 Å². The molecule has 0 aromatic heterocycles. The molecule has 5 N–H and O–H groups in total. The van der Waals surface area contributed by atoms with Gasteiger partial charge in [0.1, 0.15) is 5.75 Å². The maximum Gasteiger partial charge on any atom is 0.243 e. The largest absolute Gasteiger partial charge is 0.508 e. The fourth-order valence-corrected chi connectivity index (χ4v) is 5.69. The van der Waals surface area contributed by atoms with Gasteiger partial charge in [-0.2, -0.15) is 4.31 Å². The quantitative estimate of drug-likeness (QED) is 0.269. The van der Waals surface area contributed by atoms with E-state index >= 15 is 0 Å². The summed E-state index contributed by atoms with van der Waals surface area (Å²) >= 11 is 0. The summed E-state index contributed by atoms with van der Waals surface area (Å²) in [5, 5.41) is 23.9. The van der Waals surface area contributed by atoms with E-state index in [1.54, 1.807) is 12.1 Å². The molecule has 1 amide bonds. The highest BCUT2D eigenvalue weighted by atomic mass is 32.2. The average molecular weight is 526 g/mol. The third kappa shape index (κ3) is 8.31. The topological polar surface area (TPSA) is 133 Å². The van der Waals surface area contributed by atoms with Crippen molar-refractivity contribution in [2.24, 2.45) is 5.92 Å². The van der Waals surface area contributed by atoms with Crippen LogP contribution in [0.2, 0.25) is 0 Å². The normalized spacial score (nSPS) is 13.4. The highest BCUT2D eigenvalue weighted by Crippen LogP contribution is 2.20. The number of benzene rings is 3. The minimum Gasteiger partial charge on any atom is -0.508 e. The van der Waals surface area contributed by atoms with Crippen LogP contribution >= 0.6 is 0 Å². The molecule has 0 unspecified atom stereocenters. The highest BCUT2D eigenvalue weighted by Gasteiger charge is 2.31. The molecule has 3 rings (SSSR count). The molecule has 3 aromatic rings. The number of aliphatic hydroxyl groups is 1. The molecule has 0 bridgehead atoms. The Kier molecular flexibility index (Phi) is 9.68. The van der Waals surface area contributed by atoms with Crippen molar-refractivity contribution in [2.75, 3.05) is 18.8 Å². The number of sulfonamides is 1. The van der Waals surface area contributed by atoms with Gasteiger partial charge in [0, 0.05) is 18.8 Å². The van der Waals surface area contributed by atoms with E-state index in [4.69, 9.17) is 5.73 Å². The Morgan fingerprint density at radius 1 is 0.946 bits per heavy atom. The molecule has 0 aliphatic heterocycles. The Labute approximate surface area is 218 Å². The fraction of sp³-hybridized carbons (Fsp3) is 0.321. The van der Waals surface area contributed by atoms with Gasteiger partial charge in [0.25, 0.3) is 0 Å². The number of aromatic hydroxyl groups is 1. The SMILES string of the molecule is CC(C)CN(C[C@@H](O)[C@H](Cc1ccccc1)NC(=O)Cc1cccc(O)c1)S(=O)(=O)c1ccc(N)cc1. The smallest absolute Gasteiger partial charge is 0.243 e. The molecule has 0 spiro atoms. The van der Waals surface area contributed by atoms with E-state index in [0.717, 1.165) is 5.56 Å². The van der Waals surface area contributed by atoms with Crippen molar-refractivity contribution < 1.29 is 23.4 Å². The molecule has 0 heterocycles. The zero-order valence-corrected chi connectivity index (χ0v) is 21.9. The van der Waals surface area contributed by atoms with Gasteiger partial charge in [0.2, 0.25) is 15.9 Å². The maximum absolute atomic E-state index is 13.5. The van der Waals surface area contributed by atoms with E-state index < -0.39 is 22.2 Å². The van der Waals surface area contributed by atoms with Gasteiger partial charge >= 0.3 is 0 Å². The van der Waals surface area contributed by atoms with Crippen molar-refractivity contribution in [3.8, 4) is 5.75 Å². The van der Waals surface area contributed by atoms with Gasteiger partial charge in [-0.05, 0) is 59.9 Å². The molecule has 0 fully saturated rings. The summed E-state index contributed by atoms with van der Waals surface area (Å²) in [7, 11) is -3.92. The van der Waals surface area contributed by atoms with E-state index in [-0.39, 0.29) is 42.0 Å². The predicted molar refractivity (Wildman–Crippen MR) is 144 cm³/mol.